The molecule has 2 fully saturated rings. The zero-order chi connectivity index (χ0) is 24.9. The van der Waals surface area contributed by atoms with Gasteiger partial charge >= 0.3 is 0 Å². The summed E-state index contributed by atoms with van der Waals surface area (Å²) in [4.78, 5) is 34.4. The normalized spacial score (nSPS) is 18.9. The molecule has 188 valence electrons. The second kappa shape index (κ2) is 11.3. The number of amides is 2. The SMILES string of the molecule is O=C(NC1CCN(Cc2ccccc2)C1)c1csc(C2CCN(C(=O)Cc3ccc(F)cc3)CC2)n1. The van der Waals surface area contributed by atoms with Crippen LogP contribution in [0.15, 0.2) is 60.0 Å². The number of nitrogens with one attached hydrogen (secondary N) is 1. The monoisotopic (exact) mass is 506 g/mol. The van der Waals surface area contributed by atoms with Gasteiger partial charge in [-0.25, -0.2) is 9.37 Å². The highest BCUT2D eigenvalue weighted by Gasteiger charge is 2.28. The summed E-state index contributed by atoms with van der Waals surface area (Å²) in [5, 5.41) is 5.99. The number of likely N-dealkylation sites (tertiary alicyclic amines) is 2. The molecule has 2 aliphatic rings. The molecule has 5 rings (SSSR count). The van der Waals surface area contributed by atoms with E-state index in [2.05, 4.69) is 39.5 Å². The maximum absolute atomic E-state index is 13.1. The Bertz CT molecular complexity index is 1180. The number of thiazole rings is 1. The van der Waals surface area contributed by atoms with Gasteiger partial charge in [0.15, 0.2) is 0 Å². The summed E-state index contributed by atoms with van der Waals surface area (Å²) < 4.78 is 13.1. The fourth-order valence-corrected chi connectivity index (χ4v) is 6.01. The van der Waals surface area contributed by atoms with E-state index in [1.54, 1.807) is 12.1 Å². The van der Waals surface area contributed by atoms with Gasteiger partial charge in [0.25, 0.3) is 5.91 Å². The largest absolute Gasteiger partial charge is 0.347 e. The van der Waals surface area contributed by atoms with Gasteiger partial charge in [0, 0.05) is 50.1 Å². The van der Waals surface area contributed by atoms with Gasteiger partial charge in [0.1, 0.15) is 11.5 Å². The molecule has 36 heavy (non-hydrogen) atoms. The van der Waals surface area contributed by atoms with Crippen molar-refractivity contribution in [2.45, 2.75) is 44.2 Å². The molecule has 0 aliphatic carbocycles. The molecular formula is C28H31FN4O2S. The fraction of sp³-hybridized carbons (Fsp3) is 0.393. The van der Waals surface area contributed by atoms with E-state index < -0.39 is 0 Å². The number of benzene rings is 2. The van der Waals surface area contributed by atoms with Crippen molar-refractivity contribution < 1.29 is 14.0 Å². The van der Waals surface area contributed by atoms with Gasteiger partial charge in [-0.15, -0.1) is 11.3 Å². The van der Waals surface area contributed by atoms with Crippen LogP contribution in [0.4, 0.5) is 4.39 Å². The van der Waals surface area contributed by atoms with E-state index in [4.69, 9.17) is 0 Å². The molecule has 2 aromatic carbocycles. The number of nitrogens with zero attached hydrogens (tertiary/aromatic N) is 3. The van der Waals surface area contributed by atoms with Crippen LogP contribution in [-0.4, -0.2) is 58.8 Å². The van der Waals surface area contributed by atoms with Crippen LogP contribution in [0.25, 0.3) is 0 Å². The standard InChI is InChI=1S/C28H31FN4O2S/c29-23-8-6-20(7-9-23)16-26(34)33-14-10-22(11-15-33)28-31-25(19-36-28)27(35)30-24-12-13-32(18-24)17-21-4-2-1-3-5-21/h1-9,19,22,24H,10-18H2,(H,30,35). The molecule has 0 radical (unpaired) electrons. The predicted octanol–water partition coefficient (Wildman–Crippen LogP) is 4.24. The molecular weight excluding hydrogens is 475 g/mol. The Balaban J connectivity index is 1.08. The van der Waals surface area contributed by atoms with Crippen molar-refractivity contribution in [3.63, 3.8) is 0 Å². The second-order valence-corrected chi connectivity index (χ2v) is 10.6. The highest BCUT2D eigenvalue weighted by Crippen LogP contribution is 2.30. The van der Waals surface area contributed by atoms with Gasteiger partial charge < -0.3 is 10.2 Å². The first-order valence-electron chi connectivity index (χ1n) is 12.6. The molecule has 0 bridgehead atoms. The highest BCUT2D eigenvalue weighted by atomic mass is 32.1. The van der Waals surface area contributed by atoms with E-state index in [1.165, 1.54) is 29.0 Å². The van der Waals surface area contributed by atoms with Gasteiger partial charge in [0.2, 0.25) is 5.91 Å². The van der Waals surface area contributed by atoms with Crippen LogP contribution < -0.4 is 5.32 Å². The van der Waals surface area contributed by atoms with Gasteiger partial charge in [-0.3, -0.25) is 14.5 Å². The van der Waals surface area contributed by atoms with Crippen molar-refractivity contribution in [1.29, 1.82) is 0 Å². The number of piperidine rings is 1. The number of carbonyl (C=O) groups excluding carboxylic acids is 2. The van der Waals surface area contributed by atoms with Crippen LogP contribution in [0.2, 0.25) is 0 Å². The zero-order valence-corrected chi connectivity index (χ0v) is 21.1. The second-order valence-electron chi connectivity index (χ2n) is 9.71. The molecule has 8 heteroatoms. The Morgan fingerprint density at radius 1 is 0.972 bits per heavy atom. The van der Waals surface area contributed by atoms with E-state index in [-0.39, 0.29) is 36.0 Å². The van der Waals surface area contributed by atoms with Crippen molar-refractivity contribution in [3.05, 3.63) is 87.6 Å². The average molecular weight is 507 g/mol. The van der Waals surface area contributed by atoms with Crippen molar-refractivity contribution in [2.24, 2.45) is 0 Å². The molecule has 1 N–H and O–H groups in total. The highest BCUT2D eigenvalue weighted by molar-refractivity contribution is 7.09. The van der Waals surface area contributed by atoms with Gasteiger partial charge in [-0.1, -0.05) is 42.5 Å². The molecule has 2 saturated heterocycles. The lowest BCUT2D eigenvalue weighted by molar-refractivity contribution is -0.131. The Morgan fingerprint density at radius 3 is 2.47 bits per heavy atom. The number of rotatable bonds is 7. The third-order valence-electron chi connectivity index (χ3n) is 7.08. The molecule has 3 heterocycles. The van der Waals surface area contributed by atoms with Gasteiger partial charge in [-0.05, 0) is 42.5 Å². The van der Waals surface area contributed by atoms with Crippen molar-refractivity contribution in [3.8, 4) is 0 Å². The minimum absolute atomic E-state index is 0.0668. The van der Waals surface area contributed by atoms with E-state index in [0.29, 0.717) is 18.8 Å². The number of aromatic nitrogens is 1. The third-order valence-corrected chi connectivity index (χ3v) is 8.08. The molecule has 1 atom stereocenters. The Hall–Kier alpha value is -3.10. The van der Waals surface area contributed by atoms with Crippen LogP contribution in [0.5, 0.6) is 0 Å². The number of hydrogen-bond donors (Lipinski definition) is 1. The van der Waals surface area contributed by atoms with Crippen LogP contribution >= 0.6 is 11.3 Å². The lowest BCUT2D eigenvalue weighted by Gasteiger charge is -2.31. The molecule has 1 aromatic heterocycles. The quantitative estimate of drug-likeness (QED) is 0.521. The summed E-state index contributed by atoms with van der Waals surface area (Å²) in [6.45, 7) is 4.07. The van der Waals surface area contributed by atoms with Crippen LogP contribution in [0.3, 0.4) is 0 Å². The molecule has 3 aromatic rings. The van der Waals surface area contributed by atoms with Crippen molar-refractivity contribution in [1.82, 2.24) is 20.1 Å². The summed E-state index contributed by atoms with van der Waals surface area (Å²) in [5.41, 5.74) is 2.60. The molecule has 1 unspecified atom stereocenters. The third kappa shape index (κ3) is 6.17. The lowest BCUT2D eigenvalue weighted by Crippen LogP contribution is -2.39. The molecule has 6 nitrogen and oxygen atoms in total. The molecule has 0 saturated carbocycles. The van der Waals surface area contributed by atoms with E-state index in [9.17, 15) is 14.0 Å². The fourth-order valence-electron chi connectivity index (χ4n) is 5.04. The molecule has 2 amide bonds. The average Bonchev–Trinajstić information content (AvgIpc) is 3.56. The minimum Gasteiger partial charge on any atom is -0.347 e. The van der Waals surface area contributed by atoms with Crippen LogP contribution in [-0.2, 0) is 17.8 Å². The van der Waals surface area contributed by atoms with Crippen LogP contribution in [0.1, 0.15) is 51.8 Å². The number of carbonyl (C=O) groups is 2. The first kappa shape index (κ1) is 24.6. The van der Waals surface area contributed by atoms with E-state index in [1.807, 2.05) is 16.3 Å². The maximum Gasteiger partial charge on any atom is 0.271 e. The van der Waals surface area contributed by atoms with Crippen molar-refractivity contribution in [2.75, 3.05) is 26.2 Å². The van der Waals surface area contributed by atoms with Crippen LogP contribution in [0, 0.1) is 5.82 Å². The summed E-state index contributed by atoms with van der Waals surface area (Å²) in [5.74, 6) is -0.0656. The molecule has 2 aliphatic heterocycles. The lowest BCUT2D eigenvalue weighted by atomic mass is 9.97. The Kier molecular flexibility index (Phi) is 7.72. The summed E-state index contributed by atoms with van der Waals surface area (Å²) in [7, 11) is 0. The first-order chi connectivity index (χ1) is 17.5. The summed E-state index contributed by atoms with van der Waals surface area (Å²) in [6, 6.07) is 16.6. The van der Waals surface area contributed by atoms with E-state index >= 15 is 0 Å². The minimum atomic E-state index is -0.295. The molecule has 0 spiro atoms. The number of halogens is 1. The van der Waals surface area contributed by atoms with Gasteiger partial charge in [-0.2, -0.15) is 0 Å². The smallest absolute Gasteiger partial charge is 0.271 e. The number of hydrogen-bond acceptors (Lipinski definition) is 5. The topological polar surface area (TPSA) is 65.5 Å². The van der Waals surface area contributed by atoms with E-state index in [0.717, 1.165) is 49.5 Å². The Labute approximate surface area is 215 Å². The predicted molar refractivity (Wildman–Crippen MR) is 138 cm³/mol. The summed E-state index contributed by atoms with van der Waals surface area (Å²) in [6.07, 6.45) is 2.90. The van der Waals surface area contributed by atoms with Crippen molar-refractivity contribution >= 4 is 23.2 Å². The van der Waals surface area contributed by atoms with Gasteiger partial charge in [0.05, 0.1) is 11.4 Å². The Morgan fingerprint density at radius 2 is 1.72 bits per heavy atom. The first-order valence-corrected chi connectivity index (χ1v) is 13.5. The summed E-state index contributed by atoms with van der Waals surface area (Å²) >= 11 is 1.54. The maximum atomic E-state index is 13.1. The zero-order valence-electron chi connectivity index (χ0n) is 20.2.